The molecule has 30 heavy (non-hydrogen) atoms. The van der Waals surface area contributed by atoms with Crippen LogP contribution in [-0.2, 0) is 23.1 Å². The van der Waals surface area contributed by atoms with Crippen molar-refractivity contribution in [2.75, 3.05) is 0 Å². The summed E-state index contributed by atoms with van der Waals surface area (Å²) in [5, 5.41) is 14.6. The number of sulfonamides is 1. The van der Waals surface area contributed by atoms with Gasteiger partial charge in [0.25, 0.3) is 5.91 Å². The van der Waals surface area contributed by atoms with Crippen molar-refractivity contribution in [3.8, 4) is 10.6 Å². The van der Waals surface area contributed by atoms with Crippen LogP contribution in [0.2, 0.25) is 0 Å². The molecule has 3 N–H and O–H groups in total. The number of nitrogens with one attached hydrogen (secondary N) is 1. The molecule has 154 valence electrons. The Labute approximate surface area is 181 Å². The van der Waals surface area contributed by atoms with Gasteiger partial charge in [-0.05, 0) is 29.1 Å². The van der Waals surface area contributed by atoms with Gasteiger partial charge in [0.2, 0.25) is 10.0 Å². The lowest BCUT2D eigenvalue weighted by molar-refractivity contribution is 0.0952. The van der Waals surface area contributed by atoms with Crippen molar-refractivity contribution >= 4 is 38.6 Å². The van der Waals surface area contributed by atoms with Gasteiger partial charge in [0.05, 0.1) is 23.5 Å². The molecule has 10 heteroatoms. The van der Waals surface area contributed by atoms with Crippen LogP contribution in [0.15, 0.2) is 70.4 Å². The summed E-state index contributed by atoms with van der Waals surface area (Å²) in [7, 11) is -3.74. The van der Waals surface area contributed by atoms with E-state index in [2.05, 4.69) is 10.4 Å². The van der Waals surface area contributed by atoms with E-state index < -0.39 is 10.0 Å². The summed E-state index contributed by atoms with van der Waals surface area (Å²) in [6.45, 7) is 0.752. The molecule has 0 unspecified atom stereocenters. The molecule has 0 radical (unpaired) electrons. The summed E-state index contributed by atoms with van der Waals surface area (Å²) in [4.78, 5) is 14.5. The largest absolute Gasteiger partial charge is 0.347 e. The maximum absolute atomic E-state index is 12.9. The Kier molecular flexibility index (Phi) is 5.82. The number of nitrogens with zero attached hydrogens (tertiary/aromatic N) is 2. The summed E-state index contributed by atoms with van der Waals surface area (Å²) in [6, 6.07) is 16.8. The number of carbonyl (C=O) groups is 1. The molecule has 3 heterocycles. The Bertz CT molecular complexity index is 1260. The molecule has 0 saturated carbocycles. The fraction of sp³-hybridized carbons (Fsp3) is 0.100. The Morgan fingerprint density at radius 2 is 1.90 bits per heavy atom. The molecule has 0 saturated heterocycles. The lowest BCUT2D eigenvalue weighted by atomic mass is 10.2. The quantitative estimate of drug-likeness (QED) is 0.443. The van der Waals surface area contributed by atoms with E-state index in [9.17, 15) is 13.2 Å². The lowest BCUT2D eigenvalue weighted by Gasteiger charge is -2.03. The molecule has 0 aliphatic carbocycles. The fourth-order valence-electron chi connectivity index (χ4n) is 2.90. The first kappa shape index (κ1) is 20.5. The van der Waals surface area contributed by atoms with E-state index in [1.165, 1.54) is 17.4 Å². The van der Waals surface area contributed by atoms with E-state index in [4.69, 9.17) is 5.14 Å². The van der Waals surface area contributed by atoms with Crippen molar-refractivity contribution in [1.82, 2.24) is 15.1 Å². The number of primary sulfonamides is 1. The zero-order valence-corrected chi connectivity index (χ0v) is 18.1. The Hall–Kier alpha value is -2.79. The zero-order chi connectivity index (χ0) is 21.1. The maximum Gasteiger partial charge on any atom is 0.255 e. The summed E-state index contributed by atoms with van der Waals surface area (Å²) in [5.74, 6) is -0.275. The van der Waals surface area contributed by atoms with Crippen molar-refractivity contribution < 1.29 is 13.2 Å². The standard InChI is InChI=1S/C20H18N4O3S3/c21-30(26,27)18-9-8-15(29-18)11-22-20(25)16-13-24(12-14-5-2-1-3-6-14)23-19(16)17-7-4-10-28-17/h1-10,13H,11-12H2,(H,22,25)(H2,21,26,27). The van der Waals surface area contributed by atoms with Gasteiger partial charge in [0, 0.05) is 11.1 Å². The third-order valence-electron chi connectivity index (χ3n) is 4.29. The van der Waals surface area contributed by atoms with E-state index in [0.717, 1.165) is 21.8 Å². The number of hydrogen-bond donors (Lipinski definition) is 2. The number of benzene rings is 1. The average Bonchev–Trinajstić information content (AvgIpc) is 3.46. The van der Waals surface area contributed by atoms with Crippen LogP contribution in [-0.4, -0.2) is 24.1 Å². The van der Waals surface area contributed by atoms with Crippen LogP contribution in [0.3, 0.4) is 0 Å². The van der Waals surface area contributed by atoms with Crippen molar-refractivity contribution in [1.29, 1.82) is 0 Å². The molecule has 0 spiro atoms. The highest BCUT2D eigenvalue weighted by molar-refractivity contribution is 7.91. The third kappa shape index (κ3) is 4.68. The van der Waals surface area contributed by atoms with Gasteiger partial charge in [0.15, 0.2) is 0 Å². The second-order valence-electron chi connectivity index (χ2n) is 6.50. The molecule has 0 aliphatic rings. The minimum absolute atomic E-state index is 0.0710. The fourth-order valence-corrected chi connectivity index (χ4v) is 5.34. The van der Waals surface area contributed by atoms with Crippen molar-refractivity contribution in [2.24, 2.45) is 5.14 Å². The van der Waals surface area contributed by atoms with Gasteiger partial charge in [-0.1, -0.05) is 36.4 Å². The van der Waals surface area contributed by atoms with Crippen LogP contribution in [0, 0.1) is 0 Å². The third-order valence-corrected chi connectivity index (χ3v) is 7.69. The SMILES string of the molecule is NS(=O)(=O)c1ccc(CNC(=O)c2cn(Cc3ccccc3)nc2-c2cccs2)s1. The van der Waals surface area contributed by atoms with E-state index in [-0.39, 0.29) is 16.7 Å². The molecule has 3 aromatic heterocycles. The Morgan fingerprint density at radius 3 is 2.57 bits per heavy atom. The molecule has 1 amide bonds. The van der Waals surface area contributed by atoms with Gasteiger partial charge in [-0.25, -0.2) is 13.6 Å². The number of thiophene rings is 2. The van der Waals surface area contributed by atoms with Crippen LogP contribution in [0.4, 0.5) is 0 Å². The number of nitrogens with two attached hydrogens (primary N) is 1. The number of carbonyl (C=O) groups excluding carboxylic acids is 1. The minimum Gasteiger partial charge on any atom is -0.347 e. The smallest absolute Gasteiger partial charge is 0.255 e. The van der Waals surface area contributed by atoms with Gasteiger partial charge in [-0.2, -0.15) is 5.10 Å². The molecule has 0 fully saturated rings. The van der Waals surface area contributed by atoms with E-state index >= 15 is 0 Å². The molecular weight excluding hydrogens is 440 g/mol. The molecule has 4 rings (SSSR count). The Morgan fingerprint density at radius 1 is 1.10 bits per heavy atom. The van der Waals surface area contributed by atoms with Gasteiger partial charge < -0.3 is 5.32 Å². The first-order valence-electron chi connectivity index (χ1n) is 8.95. The number of aromatic nitrogens is 2. The zero-order valence-electron chi connectivity index (χ0n) is 15.7. The second-order valence-corrected chi connectivity index (χ2v) is 10.4. The molecule has 4 aromatic rings. The second kappa shape index (κ2) is 8.52. The monoisotopic (exact) mass is 458 g/mol. The predicted molar refractivity (Wildman–Crippen MR) is 118 cm³/mol. The first-order valence-corrected chi connectivity index (χ1v) is 12.2. The summed E-state index contributed by atoms with van der Waals surface area (Å²) in [6.07, 6.45) is 1.74. The van der Waals surface area contributed by atoms with Crippen LogP contribution < -0.4 is 10.5 Å². The number of amides is 1. The highest BCUT2D eigenvalue weighted by atomic mass is 32.2. The Balaban J connectivity index is 1.55. The van der Waals surface area contributed by atoms with Crippen LogP contribution in [0.1, 0.15) is 20.8 Å². The highest BCUT2D eigenvalue weighted by Crippen LogP contribution is 2.27. The minimum atomic E-state index is -3.74. The first-order chi connectivity index (χ1) is 14.4. The maximum atomic E-state index is 12.9. The van der Waals surface area contributed by atoms with E-state index in [1.807, 2.05) is 47.8 Å². The van der Waals surface area contributed by atoms with Crippen molar-refractivity contribution in [3.05, 3.63) is 82.2 Å². The van der Waals surface area contributed by atoms with Gasteiger partial charge in [-0.15, -0.1) is 22.7 Å². The average molecular weight is 459 g/mol. The molecule has 7 nitrogen and oxygen atoms in total. The number of rotatable bonds is 7. The van der Waals surface area contributed by atoms with Crippen LogP contribution >= 0.6 is 22.7 Å². The van der Waals surface area contributed by atoms with E-state index in [1.54, 1.807) is 16.9 Å². The van der Waals surface area contributed by atoms with Crippen LogP contribution in [0.5, 0.6) is 0 Å². The lowest BCUT2D eigenvalue weighted by Crippen LogP contribution is -2.22. The molecule has 0 bridgehead atoms. The van der Waals surface area contributed by atoms with E-state index in [0.29, 0.717) is 22.7 Å². The molecule has 1 aromatic carbocycles. The predicted octanol–water partition coefficient (Wildman–Crippen LogP) is 3.30. The topological polar surface area (TPSA) is 107 Å². The van der Waals surface area contributed by atoms with Crippen molar-refractivity contribution in [2.45, 2.75) is 17.3 Å². The summed E-state index contributed by atoms with van der Waals surface area (Å²) >= 11 is 2.55. The van der Waals surface area contributed by atoms with Gasteiger partial charge in [-0.3, -0.25) is 9.48 Å². The van der Waals surface area contributed by atoms with Crippen LogP contribution in [0.25, 0.3) is 10.6 Å². The number of hydrogen-bond acceptors (Lipinski definition) is 6. The van der Waals surface area contributed by atoms with Crippen molar-refractivity contribution in [3.63, 3.8) is 0 Å². The highest BCUT2D eigenvalue weighted by Gasteiger charge is 2.19. The molecule has 0 aliphatic heterocycles. The summed E-state index contributed by atoms with van der Waals surface area (Å²) in [5.41, 5.74) is 2.17. The normalized spacial score (nSPS) is 11.5. The molecular formula is C20H18N4O3S3. The molecule has 0 atom stereocenters. The summed E-state index contributed by atoms with van der Waals surface area (Å²) < 4.78 is 24.7. The van der Waals surface area contributed by atoms with Gasteiger partial charge in [0.1, 0.15) is 9.90 Å². The van der Waals surface area contributed by atoms with Gasteiger partial charge >= 0.3 is 0 Å².